The lowest BCUT2D eigenvalue weighted by molar-refractivity contribution is -0.0823. The summed E-state index contributed by atoms with van der Waals surface area (Å²) in [5, 5.41) is 0. The van der Waals surface area contributed by atoms with Gasteiger partial charge in [-0.05, 0) is 76.2 Å². The number of hydrogen-bond donors (Lipinski definition) is 0. The lowest BCUT2D eigenvalue weighted by atomic mass is 9.54. The monoisotopic (exact) mass is 337 g/mol. The van der Waals surface area contributed by atoms with Gasteiger partial charge in [-0.15, -0.1) is 0 Å². The van der Waals surface area contributed by atoms with Gasteiger partial charge in [-0.25, -0.2) is 0 Å². The van der Waals surface area contributed by atoms with E-state index in [-0.39, 0.29) is 11.1 Å². The van der Waals surface area contributed by atoms with Crippen LogP contribution in [0.3, 0.4) is 0 Å². The zero-order valence-corrected chi connectivity index (χ0v) is 18.9. The lowest BCUT2D eigenvalue weighted by Crippen LogP contribution is -2.60. The highest BCUT2D eigenvalue weighted by Gasteiger charge is 2.50. The van der Waals surface area contributed by atoms with E-state index in [1.807, 2.05) is 0 Å². The quantitative estimate of drug-likeness (QED) is 0.508. The van der Waals surface area contributed by atoms with Crippen LogP contribution in [0.2, 0.25) is 0 Å². The number of hydrogen-bond acceptors (Lipinski definition) is 1. The summed E-state index contributed by atoms with van der Waals surface area (Å²) in [6.45, 7) is 28.4. The molecule has 0 aromatic carbocycles. The molecule has 1 atom stereocenters. The molecule has 1 aliphatic heterocycles. The van der Waals surface area contributed by atoms with Crippen molar-refractivity contribution in [1.82, 2.24) is 4.90 Å². The largest absolute Gasteiger partial charge is 0.293 e. The van der Waals surface area contributed by atoms with Gasteiger partial charge in [0.25, 0.3) is 0 Å². The van der Waals surface area contributed by atoms with E-state index in [2.05, 4.69) is 81.1 Å². The Kier molecular flexibility index (Phi) is 6.36. The van der Waals surface area contributed by atoms with Crippen molar-refractivity contribution in [2.75, 3.05) is 6.54 Å². The molecule has 1 unspecified atom stereocenters. The first-order chi connectivity index (χ1) is 10.7. The van der Waals surface area contributed by atoms with Gasteiger partial charge in [-0.1, -0.05) is 61.3 Å². The maximum Gasteiger partial charge on any atom is 0.0163 e. The van der Waals surface area contributed by atoms with Crippen LogP contribution in [0, 0.1) is 16.2 Å². The Hall–Kier alpha value is -0.0400. The van der Waals surface area contributed by atoms with Gasteiger partial charge in [-0.2, -0.15) is 0 Å². The van der Waals surface area contributed by atoms with Crippen LogP contribution in [0.1, 0.15) is 115 Å². The number of rotatable bonds is 5. The first-order valence-electron chi connectivity index (χ1n) is 10.5. The minimum atomic E-state index is 0.263. The Morgan fingerprint density at radius 1 is 0.792 bits per heavy atom. The number of nitrogens with zero attached hydrogens (tertiary/aromatic N) is 1. The van der Waals surface area contributed by atoms with Crippen LogP contribution in [0.5, 0.6) is 0 Å². The molecule has 0 bridgehead atoms. The topological polar surface area (TPSA) is 3.24 Å². The van der Waals surface area contributed by atoms with E-state index in [0.717, 1.165) is 0 Å². The molecule has 0 aromatic heterocycles. The molecule has 1 fully saturated rings. The second kappa shape index (κ2) is 6.93. The molecule has 0 N–H and O–H groups in total. The highest BCUT2D eigenvalue weighted by Crippen LogP contribution is 2.56. The smallest absolute Gasteiger partial charge is 0.0163 e. The van der Waals surface area contributed by atoms with Crippen molar-refractivity contribution < 1.29 is 0 Å². The highest BCUT2D eigenvalue weighted by molar-refractivity contribution is 5.02. The fourth-order valence-electron chi connectivity index (χ4n) is 6.07. The molecular weight excluding hydrogens is 290 g/mol. The molecule has 0 aromatic rings. The summed E-state index contributed by atoms with van der Waals surface area (Å²) in [5.41, 5.74) is 1.77. The van der Waals surface area contributed by atoms with Crippen LogP contribution in [-0.4, -0.2) is 22.5 Å². The van der Waals surface area contributed by atoms with Crippen LogP contribution in [0.4, 0.5) is 0 Å². The van der Waals surface area contributed by atoms with Crippen LogP contribution < -0.4 is 0 Å². The van der Waals surface area contributed by atoms with E-state index < -0.39 is 0 Å². The van der Waals surface area contributed by atoms with E-state index in [1.54, 1.807) is 0 Å². The zero-order chi connectivity index (χ0) is 19.0. The van der Waals surface area contributed by atoms with Gasteiger partial charge in [0.05, 0.1) is 0 Å². The van der Waals surface area contributed by atoms with Gasteiger partial charge in [0.15, 0.2) is 0 Å². The standard InChI is InChI=1S/C23H47N/c1-12-20(6,7)24-16-15-23(11,22(10,13-2)14-3)18-19(4,5)17-21(24,8)9/h12-18H2,1-11H3. The van der Waals surface area contributed by atoms with Crippen LogP contribution in [-0.2, 0) is 0 Å². The summed E-state index contributed by atoms with van der Waals surface area (Å²) in [6, 6.07) is 0. The number of likely N-dealkylation sites (tertiary alicyclic amines) is 1. The maximum atomic E-state index is 2.84. The van der Waals surface area contributed by atoms with Gasteiger partial charge in [0.2, 0.25) is 0 Å². The summed E-state index contributed by atoms with van der Waals surface area (Å²) < 4.78 is 0. The molecule has 0 radical (unpaired) electrons. The third kappa shape index (κ3) is 4.19. The van der Waals surface area contributed by atoms with Gasteiger partial charge in [-0.3, -0.25) is 4.90 Å². The van der Waals surface area contributed by atoms with E-state index in [1.165, 1.54) is 45.1 Å². The molecule has 1 nitrogen and oxygen atoms in total. The Morgan fingerprint density at radius 2 is 1.29 bits per heavy atom. The second-order valence-corrected chi connectivity index (χ2v) is 11.2. The fourth-order valence-corrected chi connectivity index (χ4v) is 6.07. The molecule has 1 rings (SSSR count). The molecule has 1 heterocycles. The third-order valence-corrected chi connectivity index (χ3v) is 8.01. The van der Waals surface area contributed by atoms with E-state index >= 15 is 0 Å². The minimum absolute atomic E-state index is 0.263. The summed E-state index contributed by atoms with van der Waals surface area (Å²) in [7, 11) is 0. The Bertz CT molecular complexity index is 414. The summed E-state index contributed by atoms with van der Waals surface area (Å²) >= 11 is 0. The predicted molar refractivity (Wildman–Crippen MR) is 110 cm³/mol. The van der Waals surface area contributed by atoms with Gasteiger partial charge < -0.3 is 0 Å². The van der Waals surface area contributed by atoms with Crippen molar-refractivity contribution in [2.45, 2.75) is 126 Å². The Balaban J connectivity index is 3.33. The van der Waals surface area contributed by atoms with Gasteiger partial charge in [0, 0.05) is 11.1 Å². The third-order valence-electron chi connectivity index (χ3n) is 8.01. The fraction of sp³-hybridized carbons (Fsp3) is 1.00. The molecule has 1 heteroatoms. The molecular formula is C23H47N. The van der Waals surface area contributed by atoms with Crippen molar-refractivity contribution in [2.24, 2.45) is 16.2 Å². The first kappa shape index (κ1) is 22.0. The van der Waals surface area contributed by atoms with Crippen LogP contribution in [0.25, 0.3) is 0 Å². The van der Waals surface area contributed by atoms with E-state index in [9.17, 15) is 0 Å². The van der Waals surface area contributed by atoms with Gasteiger partial charge >= 0.3 is 0 Å². The summed E-state index contributed by atoms with van der Waals surface area (Å²) in [5.74, 6) is 0. The molecule has 0 saturated carbocycles. The van der Waals surface area contributed by atoms with E-state index in [0.29, 0.717) is 16.2 Å². The van der Waals surface area contributed by atoms with Crippen LogP contribution >= 0.6 is 0 Å². The average Bonchev–Trinajstić information content (AvgIpc) is 2.42. The highest BCUT2D eigenvalue weighted by atomic mass is 15.2. The SMILES string of the molecule is CCC(C)(C)N1CCC(C)(C(C)(CC)CC)CC(C)(C)CC1(C)C. The van der Waals surface area contributed by atoms with Crippen molar-refractivity contribution in [3.05, 3.63) is 0 Å². The molecule has 0 spiro atoms. The molecule has 144 valence electrons. The zero-order valence-electron chi connectivity index (χ0n) is 18.9. The first-order valence-corrected chi connectivity index (χ1v) is 10.5. The van der Waals surface area contributed by atoms with Crippen molar-refractivity contribution in [3.63, 3.8) is 0 Å². The minimum Gasteiger partial charge on any atom is -0.293 e. The second-order valence-electron chi connectivity index (χ2n) is 11.2. The van der Waals surface area contributed by atoms with Crippen molar-refractivity contribution in [1.29, 1.82) is 0 Å². The van der Waals surface area contributed by atoms with E-state index in [4.69, 9.17) is 0 Å². The van der Waals surface area contributed by atoms with Crippen molar-refractivity contribution >= 4 is 0 Å². The lowest BCUT2D eigenvalue weighted by Gasteiger charge is -2.58. The predicted octanol–water partition coefficient (Wildman–Crippen LogP) is 7.30. The summed E-state index contributed by atoms with van der Waals surface area (Å²) in [6.07, 6.45) is 7.74. The molecule has 0 amide bonds. The summed E-state index contributed by atoms with van der Waals surface area (Å²) in [4.78, 5) is 2.84. The van der Waals surface area contributed by atoms with Crippen LogP contribution in [0.15, 0.2) is 0 Å². The Labute approximate surface area is 154 Å². The molecule has 1 saturated heterocycles. The molecule has 0 aliphatic carbocycles. The van der Waals surface area contributed by atoms with Crippen molar-refractivity contribution in [3.8, 4) is 0 Å². The average molecular weight is 338 g/mol. The molecule has 24 heavy (non-hydrogen) atoms. The normalized spacial score (nSPS) is 29.1. The Morgan fingerprint density at radius 3 is 1.71 bits per heavy atom. The molecule has 1 aliphatic rings. The maximum absolute atomic E-state index is 2.84. The van der Waals surface area contributed by atoms with Gasteiger partial charge in [0.1, 0.15) is 0 Å².